The Labute approximate surface area is 218 Å². The normalized spacial score (nSPS) is 14.7. The van der Waals surface area contributed by atoms with Crippen LogP contribution >= 0.6 is 23.2 Å². The van der Waals surface area contributed by atoms with Gasteiger partial charge in [0.15, 0.2) is 0 Å². The van der Waals surface area contributed by atoms with E-state index in [1.54, 1.807) is 66.7 Å². The summed E-state index contributed by atoms with van der Waals surface area (Å²) in [7, 11) is 0. The number of amides is 4. The minimum Gasteiger partial charge on any atom is -0.494 e. The van der Waals surface area contributed by atoms with E-state index in [-0.39, 0.29) is 12.2 Å². The first-order valence-electron chi connectivity index (χ1n) is 11.2. The predicted octanol–water partition coefficient (Wildman–Crippen LogP) is 6.03. The maximum atomic E-state index is 13.2. The molecule has 1 heterocycles. The van der Waals surface area contributed by atoms with Crippen LogP contribution in [0.4, 0.5) is 10.5 Å². The zero-order valence-electron chi connectivity index (χ0n) is 19.3. The highest BCUT2D eigenvalue weighted by Gasteiger charge is 2.37. The Morgan fingerprint density at radius 2 is 1.67 bits per heavy atom. The van der Waals surface area contributed by atoms with Gasteiger partial charge in [-0.2, -0.15) is 0 Å². The van der Waals surface area contributed by atoms with Crippen molar-refractivity contribution in [2.45, 2.75) is 20.0 Å². The van der Waals surface area contributed by atoms with Crippen molar-refractivity contribution in [1.29, 1.82) is 0 Å². The summed E-state index contributed by atoms with van der Waals surface area (Å²) in [5.41, 5.74) is 1.39. The van der Waals surface area contributed by atoms with E-state index in [1.807, 2.05) is 6.92 Å². The molecular formula is C27H22Cl2N2O5. The number of hydrogen-bond acceptors (Lipinski definition) is 5. The third-order valence-corrected chi connectivity index (χ3v) is 6.01. The van der Waals surface area contributed by atoms with Gasteiger partial charge in [-0.3, -0.25) is 14.9 Å². The lowest BCUT2D eigenvalue weighted by Gasteiger charge is -2.26. The number of nitrogens with zero attached hydrogens (tertiary/aromatic N) is 1. The molecule has 7 nitrogen and oxygen atoms in total. The summed E-state index contributed by atoms with van der Waals surface area (Å²) in [6.45, 7) is 2.73. The first kappa shape index (κ1) is 25.3. The molecule has 184 valence electrons. The van der Waals surface area contributed by atoms with Gasteiger partial charge >= 0.3 is 6.03 Å². The molecule has 1 aliphatic heterocycles. The summed E-state index contributed by atoms with van der Waals surface area (Å²) in [6.07, 6.45) is 2.25. The molecule has 0 unspecified atom stereocenters. The highest BCUT2D eigenvalue weighted by Crippen LogP contribution is 2.28. The molecule has 0 aromatic heterocycles. The second-order valence-corrected chi connectivity index (χ2v) is 8.69. The fraction of sp³-hybridized carbons (Fsp3) is 0.148. The van der Waals surface area contributed by atoms with Crippen LogP contribution < -0.4 is 19.7 Å². The fourth-order valence-corrected chi connectivity index (χ4v) is 3.80. The zero-order valence-corrected chi connectivity index (χ0v) is 20.8. The topological polar surface area (TPSA) is 84.9 Å². The van der Waals surface area contributed by atoms with Crippen molar-refractivity contribution in [1.82, 2.24) is 5.32 Å². The molecule has 1 saturated heterocycles. The molecule has 0 aliphatic carbocycles. The number of anilines is 1. The highest BCUT2D eigenvalue weighted by atomic mass is 35.5. The predicted molar refractivity (Wildman–Crippen MR) is 138 cm³/mol. The number of ether oxygens (including phenoxy) is 2. The smallest absolute Gasteiger partial charge is 0.335 e. The Bertz CT molecular complexity index is 1340. The minimum atomic E-state index is -0.825. The monoisotopic (exact) mass is 524 g/mol. The van der Waals surface area contributed by atoms with Crippen LogP contribution in [0.15, 0.2) is 72.3 Å². The standard InChI is InChI=1S/C27H22Cl2N2O5/c1-2-13-35-20-10-8-19(9-11-20)31-26(33)21(25(32)30-27(31)34)15-18-5-3-4-6-24(18)36-16-17-7-12-22(28)23(29)14-17/h3-12,14-15H,2,13,16H2,1H3,(H,30,32,34)/b21-15-. The van der Waals surface area contributed by atoms with Gasteiger partial charge in [-0.25, -0.2) is 9.69 Å². The van der Waals surface area contributed by atoms with Gasteiger partial charge in [-0.15, -0.1) is 0 Å². The Morgan fingerprint density at radius 1 is 0.917 bits per heavy atom. The second kappa shape index (κ2) is 11.3. The first-order chi connectivity index (χ1) is 17.4. The van der Waals surface area contributed by atoms with Crippen molar-refractivity contribution in [2.24, 2.45) is 0 Å². The van der Waals surface area contributed by atoms with Crippen molar-refractivity contribution < 1.29 is 23.9 Å². The number of rotatable bonds is 8. The number of imide groups is 2. The molecule has 0 atom stereocenters. The SMILES string of the molecule is CCCOc1ccc(N2C(=O)NC(=O)/C(=C/c3ccccc3OCc3ccc(Cl)c(Cl)c3)C2=O)cc1. The Kier molecular flexibility index (Phi) is 7.93. The summed E-state index contributed by atoms with van der Waals surface area (Å²) in [5, 5.41) is 3.08. The van der Waals surface area contributed by atoms with Gasteiger partial charge in [0.1, 0.15) is 23.7 Å². The van der Waals surface area contributed by atoms with E-state index in [0.29, 0.717) is 39.4 Å². The second-order valence-electron chi connectivity index (χ2n) is 7.88. The fourth-order valence-electron chi connectivity index (χ4n) is 3.48. The van der Waals surface area contributed by atoms with Crippen LogP contribution in [-0.2, 0) is 16.2 Å². The molecule has 0 saturated carbocycles. The molecule has 1 N–H and O–H groups in total. The van der Waals surface area contributed by atoms with Crippen molar-refractivity contribution in [3.05, 3.63) is 93.5 Å². The Morgan fingerprint density at radius 3 is 2.39 bits per heavy atom. The van der Waals surface area contributed by atoms with E-state index in [1.165, 1.54) is 6.08 Å². The van der Waals surface area contributed by atoms with Crippen LogP contribution in [0.25, 0.3) is 6.08 Å². The number of urea groups is 1. The molecule has 4 amide bonds. The third-order valence-electron chi connectivity index (χ3n) is 5.27. The van der Waals surface area contributed by atoms with Gasteiger partial charge in [-0.05, 0) is 60.5 Å². The Hall–Kier alpha value is -3.81. The summed E-state index contributed by atoms with van der Waals surface area (Å²) < 4.78 is 11.5. The molecule has 4 rings (SSSR count). The average Bonchev–Trinajstić information content (AvgIpc) is 2.87. The van der Waals surface area contributed by atoms with E-state index in [9.17, 15) is 14.4 Å². The molecule has 0 spiro atoms. The summed E-state index contributed by atoms with van der Waals surface area (Å²) in [4.78, 5) is 39.3. The summed E-state index contributed by atoms with van der Waals surface area (Å²) in [5.74, 6) is -0.475. The quantitative estimate of drug-likeness (QED) is 0.287. The molecule has 3 aromatic carbocycles. The van der Waals surface area contributed by atoms with E-state index >= 15 is 0 Å². The minimum absolute atomic E-state index is 0.189. The number of halogens is 2. The van der Waals surface area contributed by atoms with Crippen molar-refractivity contribution >= 4 is 52.8 Å². The number of carbonyl (C=O) groups excluding carboxylic acids is 3. The van der Waals surface area contributed by atoms with Crippen molar-refractivity contribution in [3.8, 4) is 11.5 Å². The van der Waals surface area contributed by atoms with Crippen LogP contribution in [0.5, 0.6) is 11.5 Å². The maximum absolute atomic E-state index is 13.2. The molecule has 0 bridgehead atoms. The molecule has 9 heteroatoms. The highest BCUT2D eigenvalue weighted by molar-refractivity contribution is 6.42. The lowest BCUT2D eigenvalue weighted by atomic mass is 10.1. The van der Waals surface area contributed by atoms with Crippen molar-refractivity contribution in [3.63, 3.8) is 0 Å². The average molecular weight is 525 g/mol. The zero-order chi connectivity index (χ0) is 25.7. The van der Waals surface area contributed by atoms with Crippen LogP contribution in [0.3, 0.4) is 0 Å². The molecule has 1 fully saturated rings. The largest absolute Gasteiger partial charge is 0.494 e. The van der Waals surface area contributed by atoms with Crippen LogP contribution in [0.1, 0.15) is 24.5 Å². The molecular weight excluding hydrogens is 503 g/mol. The Balaban J connectivity index is 1.58. The van der Waals surface area contributed by atoms with Crippen LogP contribution in [0, 0.1) is 0 Å². The van der Waals surface area contributed by atoms with E-state index in [0.717, 1.165) is 16.9 Å². The number of para-hydroxylation sites is 1. The van der Waals surface area contributed by atoms with Gasteiger partial charge in [-0.1, -0.05) is 54.4 Å². The van der Waals surface area contributed by atoms with Gasteiger partial charge in [0.25, 0.3) is 11.8 Å². The van der Waals surface area contributed by atoms with Gasteiger partial charge in [0, 0.05) is 5.56 Å². The lowest BCUT2D eigenvalue weighted by molar-refractivity contribution is -0.122. The van der Waals surface area contributed by atoms with E-state index in [2.05, 4.69) is 5.32 Å². The third kappa shape index (κ3) is 5.70. The van der Waals surface area contributed by atoms with Crippen molar-refractivity contribution in [2.75, 3.05) is 11.5 Å². The van der Waals surface area contributed by atoms with Gasteiger partial charge in [0.05, 0.1) is 22.3 Å². The van der Waals surface area contributed by atoms with Gasteiger partial charge < -0.3 is 9.47 Å². The number of carbonyl (C=O) groups is 3. The number of barbiturate groups is 1. The molecule has 0 radical (unpaired) electrons. The molecule has 36 heavy (non-hydrogen) atoms. The lowest BCUT2D eigenvalue weighted by Crippen LogP contribution is -2.54. The van der Waals surface area contributed by atoms with E-state index < -0.39 is 17.8 Å². The molecule has 3 aromatic rings. The number of benzene rings is 3. The number of nitrogens with one attached hydrogen (secondary N) is 1. The van der Waals surface area contributed by atoms with Gasteiger partial charge in [0.2, 0.25) is 0 Å². The number of hydrogen-bond donors (Lipinski definition) is 1. The van der Waals surface area contributed by atoms with Crippen LogP contribution in [-0.4, -0.2) is 24.5 Å². The first-order valence-corrected chi connectivity index (χ1v) is 11.9. The maximum Gasteiger partial charge on any atom is 0.335 e. The summed E-state index contributed by atoms with van der Waals surface area (Å²) in [6, 6.07) is 17.8. The molecule has 1 aliphatic rings. The van der Waals surface area contributed by atoms with Crippen LogP contribution in [0.2, 0.25) is 10.0 Å². The summed E-state index contributed by atoms with van der Waals surface area (Å²) >= 11 is 12.0. The van der Waals surface area contributed by atoms with E-state index in [4.69, 9.17) is 32.7 Å².